The van der Waals surface area contributed by atoms with Gasteiger partial charge < -0.3 is 14.8 Å². The van der Waals surface area contributed by atoms with Crippen molar-refractivity contribution in [2.75, 3.05) is 19.5 Å². The highest BCUT2D eigenvalue weighted by Crippen LogP contribution is 2.38. The molecule has 6 nitrogen and oxygen atoms in total. The van der Waals surface area contributed by atoms with Gasteiger partial charge in [0.2, 0.25) is 11.0 Å². The van der Waals surface area contributed by atoms with Gasteiger partial charge in [0, 0.05) is 25.8 Å². The van der Waals surface area contributed by atoms with Crippen LogP contribution < -0.4 is 5.32 Å². The number of hydrogen-bond donors (Lipinski definition) is 1. The van der Waals surface area contributed by atoms with E-state index in [1.54, 1.807) is 14.2 Å². The number of aromatic nitrogens is 2. The third-order valence-electron chi connectivity index (χ3n) is 3.17. The second kappa shape index (κ2) is 5.73. The highest BCUT2D eigenvalue weighted by Gasteiger charge is 2.39. The van der Waals surface area contributed by atoms with E-state index in [4.69, 9.17) is 9.47 Å². The fourth-order valence-corrected chi connectivity index (χ4v) is 2.56. The molecule has 1 aliphatic rings. The fourth-order valence-electron chi connectivity index (χ4n) is 1.97. The molecule has 0 bridgehead atoms. The molecule has 0 aromatic carbocycles. The number of carbonyl (C=O) groups excluding carboxylic acids is 1. The normalized spacial score (nSPS) is 17.2. The number of anilines is 1. The number of amides is 1. The van der Waals surface area contributed by atoms with Gasteiger partial charge in [-0.1, -0.05) is 0 Å². The Morgan fingerprint density at radius 2 is 2.28 bits per heavy atom. The topological polar surface area (TPSA) is 73.3 Å². The van der Waals surface area contributed by atoms with E-state index in [0.717, 1.165) is 30.8 Å². The van der Waals surface area contributed by atoms with Crippen molar-refractivity contribution in [2.24, 2.45) is 0 Å². The Kier molecular flexibility index (Phi) is 4.26. The van der Waals surface area contributed by atoms with Gasteiger partial charge in [0.25, 0.3) is 0 Å². The van der Waals surface area contributed by atoms with Crippen LogP contribution in [0.4, 0.5) is 5.13 Å². The number of carbonyl (C=O) groups is 1. The first-order valence-corrected chi connectivity index (χ1v) is 6.61. The summed E-state index contributed by atoms with van der Waals surface area (Å²) in [5.41, 5.74) is -0.260. The first kappa shape index (κ1) is 13.4. The summed E-state index contributed by atoms with van der Waals surface area (Å²) < 4.78 is 14.4. The van der Waals surface area contributed by atoms with Gasteiger partial charge >= 0.3 is 0 Å². The van der Waals surface area contributed by atoms with Crippen LogP contribution in [-0.4, -0.2) is 35.1 Å². The van der Waals surface area contributed by atoms with Crippen LogP contribution in [0.5, 0.6) is 0 Å². The molecule has 18 heavy (non-hydrogen) atoms. The summed E-state index contributed by atoms with van der Waals surface area (Å²) in [4.78, 5) is 16.0. The van der Waals surface area contributed by atoms with E-state index in [0.29, 0.717) is 24.0 Å². The Bertz CT molecular complexity index is 412. The summed E-state index contributed by atoms with van der Waals surface area (Å²) in [6.07, 6.45) is 3.39. The number of nitrogens with one attached hydrogen (secondary N) is 1. The molecule has 2 rings (SSSR count). The molecule has 0 saturated heterocycles. The van der Waals surface area contributed by atoms with Crippen LogP contribution in [0.15, 0.2) is 0 Å². The number of ether oxygens (including phenoxy) is 2. The third kappa shape index (κ3) is 3.04. The summed E-state index contributed by atoms with van der Waals surface area (Å²) in [5, 5.41) is 3.26. The second-order valence-electron chi connectivity index (χ2n) is 4.41. The molecule has 0 atom stereocenters. The van der Waals surface area contributed by atoms with Gasteiger partial charge in [-0.15, -0.1) is 0 Å². The molecule has 0 radical (unpaired) electrons. The summed E-state index contributed by atoms with van der Waals surface area (Å²) in [6, 6.07) is 0. The highest BCUT2D eigenvalue weighted by atomic mass is 32.1. The van der Waals surface area contributed by atoms with Crippen molar-refractivity contribution < 1.29 is 14.3 Å². The first-order chi connectivity index (χ1) is 8.67. The largest absolute Gasteiger partial charge is 0.378 e. The highest BCUT2D eigenvalue weighted by molar-refractivity contribution is 7.09. The van der Waals surface area contributed by atoms with Crippen LogP contribution in [0.1, 0.15) is 31.5 Å². The molecular weight excluding hydrogens is 254 g/mol. The van der Waals surface area contributed by atoms with Crippen LogP contribution in [0.2, 0.25) is 0 Å². The predicted octanol–water partition coefficient (Wildman–Crippen LogP) is 1.58. The average molecular weight is 271 g/mol. The van der Waals surface area contributed by atoms with Crippen LogP contribution in [0.25, 0.3) is 0 Å². The molecule has 0 aliphatic heterocycles. The Morgan fingerprint density at radius 1 is 1.50 bits per heavy atom. The lowest BCUT2D eigenvalue weighted by Gasteiger charge is -2.39. The number of hydrogen-bond acceptors (Lipinski definition) is 6. The van der Waals surface area contributed by atoms with Crippen LogP contribution in [0, 0.1) is 0 Å². The molecule has 1 heterocycles. The molecular formula is C11H17N3O3S. The van der Waals surface area contributed by atoms with E-state index in [-0.39, 0.29) is 11.5 Å². The van der Waals surface area contributed by atoms with Crippen molar-refractivity contribution in [1.29, 1.82) is 0 Å². The molecule has 1 amide bonds. The number of nitrogens with zero attached hydrogens (tertiary/aromatic N) is 2. The van der Waals surface area contributed by atoms with Crippen molar-refractivity contribution in [1.82, 2.24) is 9.36 Å². The zero-order valence-corrected chi connectivity index (χ0v) is 11.4. The molecule has 1 N–H and O–H groups in total. The SMILES string of the molecule is COCc1nsc(NC(=O)CC2(OC)CCC2)n1. The van der Waals surface area contributed by atoms with E-state index in [1.165, 1.54) is 0 Å². The Hall–Kier alpha value is -1.05. The van der Waals surface area contributed by atoms with E-state index < -0.39 is 0 Å². The van der Waals surface area contributed by atoms with Gasteiger partial charge in [0.1, 0.15) is 6.61 Å². The monoisotopic (exact) mass is 271 g/mol. The Morgan fingerprint density at radius 3 is 2.83 bits per heavy atom. The third-order valence-corrected chi connectivity index (χ3v) is 3.84. The van der Waals surface area contributed by atoms with E-state index in [2.05, 4.69) is 14.7 Å². The minimum atomic E-state index is -0.260. The Labute approximate surface area is 110 Å². The van der Waals surface area contributed by atoms with Crippen molar-refractivity contribution in [3.63, 3.8) is 0 Å². The lowest BCUT2D eigenvalue weighted by molar-refractivity contribution is -0.129. The van der Waals surface area contributed by atoms with E-state index in [9.17, 15) is 4.79 Å². The molecule has 0 spiro atoms. The maximum atomic E-state index is 11.9. The maximum absolute atomic E-state index is 11.9. The van der Waals surface area contributed by atoms with Gasteiger partial charge in [-0.05, 0) is 19.3 Å². The molecule has 1 aromatic heterocycles. The minimum Gasteiger partial charge on any atom is -0.378 e. The van der Waals surface area contributed by atoms with Gasteiger partial charge in [0.05, 0.1) is 12.0 Å². The zero-order chi connectivity index (χ0) is 13.0. The van der Waals surface area contributed by atoms with Crippen molar-refractivity contribution in [3.05, 3.63) is 5.82 Å². The van der Waals surface area contributed by atoms with Crippen LogP contribution >= 0.6 is 11.5 Å². The minimum absolute atomic E-state index is 0.0725. The molecule has 1 aliphatic carbocycles. The first-order valence-electron chi connectivity index (χ1n) is 5.84. The van der Waals surface area contributed by atoms with E-state index in [1.807, 2.05) is 0 Å². The second-order valence-corrected chi connectivity index (χ2v) is 5.17. The predicted molar refractivity (Wildman–Crippen MR) is 67.5 cm³/mol. The lowest BCUT2D eigenvalue weighted by atomic mass is 9.77. The summed E-state index contributed by atoms with van der Waals surface area (Å²) in [7, 11) is 3.24. The van der Waals surface area contributed by atoms with Crippen molar-refractivity contribution in [2.45, 2.75) is 37.9 Å². The zero-order valence-electron chi connectivity index (χ0n) is 10.6. The maximum Gasteiger partial charge on any atom is 0.229 e. The molecule has 1 aromatic rings. The summed E-state index contributed by atoms with van der Waals surface area (Å²) in [6.45, 7) is 0.356. The number of rotatable bonds is 6. The van der Waals surface area contributed by atoms with Crippen LogP contribution in [0.3, 0.4) is 0 Å². The Balaban J connectivity index is 1.86. The quantitative estimate of drug-likeness (QED) is 0.850. The van der Waals surface area contributed by atoms with E-state index >= 15 is 0 Å². The van der Waals surface area contributed by atoms with Gasteiger partial charge in [-0.2, -0.15) is 4.37 Å². The summed E-state index contributed by atoms with van der Waals surface area (Å²) in [5.74, 6) is 0.513. The molecule has 0 unspecified atom stereocenters. The number of methoxy groups -OCH3 is 2. The molecule has 1 saturated carbocycles. The lowest BCUT2D eigenvalue weighted by Crippen LogP contribution is -2.42. The van der Waals surface area contributed by atoms with Gasteiger partial charge in [0.15, 0.2) is 5.82 Å². The van der Waals surface area contributed by atoms with Crippen LogP contribution in [-0.2, 0) is 20.9 Å². The van der Waals surface area contributed by atoms with Crippen molar-refractivity contribution >= 4 is 22.6 Å². The fraction of sp³-hybridized carbons (Fsp3) is 0.727. The van der Waals surface area contributed by atoms with Gasteiger partial charge in [-0.25, -0.2) is 4.98 Å². The smallest absolute Gasteiger partial charge is 0.229 e. The standard InChI is InChI=1S/C11H17N3O3S/c1-16-7-8-12-10(18-14-8)13-9(15)6-11(17-2)4-3-5-11/h3-7H2,1-2H3,(H,12,13,14,15). The summed E-state index contributed by atoms with van der Waals surface area (Å²) >= 11 is 1.16. The van der Waals surface area contributed by atoms with Crippen molar-refractivity contribution in [3.8, 4) is 0 Å². The average Bonchev–Trinajstić information content (AvgIpc) is 2.71. The molecule has 100 valence electrons. The molecule has 1 fully saturated rings. The van der Waals surface area contributed by atoms with Gasteiger partial charge in [-0.3, -0.25) is 4.79 Å². The molecule has 7 heteroatoms.